The largest absolute Gasteiger partial charge is 0.382 e. The standard InChI is InChI=1S/C23H26N2O3S/c1-4-28-13-7-12-25-22(27)19-8-5-6-9-20(19)24-23(25)29-15-21(26)18-11-10-16(2)17(3)14-18/h5-6,8-11,14H,4,7,12-13,15H2,1-3H3. The highest BCUT2D eigenvalue weighted by Crippen LogP contribution is 2.20. The molecular formula is C23H26N2O3S. The topological polar surface area (TPSA) is 61.2 Å². The number of hydrogen-bond acceptors (Lipinski definition) is 5. The number of aryl methyl sites for hydroxylation is 2. The molecule has 0 amide bonds. The molecule has 2 aromatic carbocycles. The Balaban J connectivity index is 1.85. The van der Waals surface area contributed by atoms with Gasteiger partial charge in [-0.2, -0.15) is 0 Å². The first-order valence-corrected chi connectivity index (χ1v) is 10.8. The summed E-state index contributed by atoms with van der Waals surface area (Å²) < 4.78 is 7.07. The van der Waals surface area contributed by atoms with Crippen molar-refractivity contribution in [1.82, 2.24) is 9.55 Å². The number of Topliss-reactive ketones (excluding diaryl/α,β-unsaturated/α-hetero) is 1. The predicted molar refractivity (Wildman–Crippen MR) is 118 cm³/mol. The van der Waals surface area contributed by atoms with Gasteiger partial charge in [0, 0.05) is 25.3 Å². The number of benzene rings is 2. The monoisotopic (exact) mass is 410 g/mol. The van der Waals surface area contributed by atoms with Crippen LogP contribution in [-0.4, -0.2) is 34.3 Å². The van der Waals surface area contributed by atoms with E-state index in [1.165, 1.54) is 11.8 Å². The number of thioether (sulfide) groups is 1. The molecule has 0 saturated heterocycles. The van der Waals surface area contributed by atoms with Crippen molar-refractivity contribution in [3.8, 4) is 0 Å². The lowest BCUT2D eigenvalue weighted by Gasteiger charge is -2.13. The zero-order valence-electron chi connectivity index (χ0n) is 17.1. The van der Waals surface area contributed by atoms with Crippen LogP contribution < -0.4 is 5.56 Å². The van der Waals surface area contributed by atoms with Gasteiger partial charge in [-0.3, -0.25) is 14.2 Å². The molecule has 0 unspecified atom stereocenters. The van der Waals surface area contributed by atoms with Crippen LogP contribution >= 0.6 is 11.8 Å². The second-order valence-corrected chi connectivity index (χ2v) is 7.87. The third-order valence-electron chi connectivity index (χ3n) is 4.86. The fourth-order valence-corrected chi connectivity index (χ4v) is 3.97. The maximum absolute atomic E-state index is 13.0. The highest BCUT2D eigenvalue weighted by Gasteiger charge is 2.14. The number of aromatic nitrogens is 2. The van der Waals surface area contributed by atoms with E-state index < -0.39 is 0 Å². The SMILES string of the molecule is CCOCCCn1c(SCC(=O)c2ccc(C)c(C)c2)nc2ccccc2c1=O. The van der Waals surface area contributed by atoms with E-state index >= 15 is 0 Å². The Bertz CT molecular complexity index is 1080. The number of nitrogens with zero attached hydrogens (tertiary/aromatic N) is 2. The van der Waals surface area contributed by atoms with Gasteiger partial charge in [-0.25, -0.2) is 4.98 Å². The number of carbonyl (C=O) groups is 1. The summed E-state index contributed by atoms with van der Waals surface area (Å²) in [6, 6.07) is 13.1. The minimum Gasteiger partial charge on any atom is -0.382 e. The van der Waals surface area contributed by atoms with Gasteiger partial charge in [0.15, 0.2) is 10.9 Å². The molecule has 0 radical (unpaired) electrons. The quantitative estimate of drug-likeness (QED) is 0.226. The van der Waals surface area contributed by atoms with E-state index in [1.54, 1.807) is 10.6 Å². The van der Waals surface area contributed by atoms with Crippen molar-refractivity contribution in [1.29, 1.82) is 0 Å². The average molecular weight is 411 g/mol. The van der Waals surface area contributed by atoms with Crippen molar-refractivity contribution in [2.45, 2.75) is 38.9 Å². The first-order valence-electron chi connectivity index (χ1n) is 9.82. The lowest BCUT2D eigenvalue weighted by molar-refractivity contribution is 0.102. The minimum atomic E-state index is -0.0757. The van der Waals surface area contributed by atoms with Crippen LogP contribution in [0.4, 0.5) is 0 Å². The van der Waals surface area contributed by atoms with Crippen molar-refractivity contribution in [3.05, 3.63) is 69.5 Å². The Labute approximate surface area is 175 Å². The van der Waals surface area contributed by atoms with E-state index in [0.29, 0.717) is 47.8 Å². The normalized spacial score (nSPS) is 11.1. The van der Waals surface area contributed by atoms with Gasteiger partial charge in [0.2, 0.25) is 0 Å². The van der Waals surface area contributed by atoms with Crippen LogP contribution in [0.5, 0.6) is 0 Å². The molecule has 0 aliphatic heterocycles. The molecule has 3 rings (SSSR count). The smallest absolute Gasteiger partial charge is 0.262 e. The molecule has 0 atom stereocenters. The maximum Gasteiger partial charge on any atom is 0.262 e. The lowest BCUT2D eigenvalue weighted by atomic mass is 10.0. The maximum atomic E-state index is 13.0. The average Bonchev–Trinajstić information content (AvgIpc) is 2.73. The summed E-state index contributed by atoms with van der Waals surface area (Å²) >= 11 is 1.31. The van der Waals surface area contributed by atoms with Crippen molar-refractivity contribution in [2.75, 3.05) is 19.0 Å². The van der Waals surface area contributed by atoms with Crippen molar-refractivity contribution in [3.63, 3.8) is 0 Å². The fraction of sp³-hybridized carbons (Fsp3) is 0.348. The summed E-state index contributed by atoms with van der Waals surface area (Å²) in [5.74, 6) is 0.264. The summed E-state index contributed by atoms with van der Waals surface area (Å²) in [6.45, 7) is 7.72. The van der Waals surface area contributed by atoms with Gasteiger partial charge in [0.1, 0.15) is 0 Å². The van der Waals surface area contributed by atoms with Gasteiger partial charge >= 0.3 is 0 Å². The Hall–Kier alpha value is -2.44. The number of ketones is 1. The molecule has 6 heteroatoms. The summed E-state index contributed by atoms with van der Waals surface area (Å²) in [7, 11) is 0. The van der Waals surface area contributed by atoms with E-state index in [9.17, 15) is 9.59 Å². The van der Waals surface area contributed by atoms with Gasteiger partial charge < -0.3 is 4.74 Å². The molecule has 0 saturated carbocycles. The molecule has 3 aromatic rings. The van der Waals surface area contributed by atoms with Crippen LogP contribution in [0.2, 0.25) is 0 Å². The van der Waals surface area contributed by atoms with Crippen molar-refractivity contribution in [2.24, 2.45) is 0 Å². The number of rotatable bonds is 9. The first kappa shape index (κ1) is 21.3. The number of hydrogen-bond donors (Lipinski definition) is 0. The van der Waals surface area contributed by atoms with Crippen LogP contribution in [0, 0.1) is 13.8 Å². The molecule has 1 heterocycles. The molecule has 0 aliphatic rings. The molecule has 0 fully saturated rings. The second kappa shape index (κ2) is 9.85. The third-order valence-corrected chi connectivity index (χ3v) is 5.84. The predicted octanol–water partition coefficient (Wildman–Crippen LogP) is 4.41. The van der Waals surface area contributed by atoms with Crippen LogP contribution in [0.1, 0.15) is 34.8 Å². The zero-order chi connectivity index (χ0) is 20.8. The zero-order valence-corrected chi connectivity index (χ0v) is 17.9. The number of fused-ring (bicyclic) bond motifs is 1. The second-order valence-electron chi connectivity index (χ2n) is 6.93. The Morgan fingerprint density at radius 1 is 1.14 bits per heavy atom. The molecule has 0 bridgehead atoms. The minimum absolute atomic E-state index is 0.0290. The van der Waals surface area contributed by atoms with Crippen LogP contribution in [0.3, 0.4) is 0 Å². The molecule has 0 aliphatic carbocycles. The van der Waals surface area contributed by atoms with Gasteiger partial charge in [0.25, 0.3) is 5.56 Å². The highest BCUT2D eigenvalue weighted by molar-refractivity contribution is 7.99. The van der Waals surface area contributed by atoms with E-state index in [2.05, 4.69) is 4.98 Å². The van der Waals surface area contributed by atoms with E-state index in [1.807, 2.05) is 57.2 Å². The molecule has 29 heavy (non-hydrogen) atoms. The van der Waals surface area contributed by atoms with Crippen LogP contribution in [0.25, 0.3) is 10.9 Å². The van der Waals surface area contributed by atoms with Crippen molar-refractivity contribution >= 4 is 28.4 Å². The van der Waals surface area contributed by atoms with Gasteiger partial charge in [-0.1, -0.05) is 36.0 Å². The van der Waals surface area contributed by atoms with Gasteiger partial charge in [-0.15, -0.1) is 0 Å². The number of para-hydroxylation sites is 1. The van der Waals surface area contributed by atoms with Crippen LogP contribution in [0.15, 0.2) is 52.4 Å². The lowest BCUT2D eigenvalue weighted by Crippen LogP contribution is -2.24. The molecule has 0 N–H and O–H groups in total. The summed E-state index contributed by atoms with van der Waals surface area (Å²) in [5.41, 5.74) is 3.52. The number of ether oxygens (including phenoxy) is 1. The van der Waals surface area contributed by atoms with E-state index in [0.717, 1.165) is 11.1 Å². The van der Waals surface area contributed by atoms with Gasteiger partial charge in [-0.05, 0) is 56.5 Å². The Kier molecular flexibility index (Phi) is 7.23. The fourth-order valence-electron chi connectivity index (χ4n) is 3.05. The molecule has 152 valence electrons. The highest BCUT2D eigenvalue weighted by atomic mass is 32.2. The third kappa shape index (κ3) is 5.14. The molecule has 1 aromatic heterocycles. The molecular weight excluding hydrogens is 384 g/mol. The molecule has 0 spiro atoms. The molecule has 5 nitrogen and oxygen atoms in total. The van der Waals surface area contributed by atoms with Crippen LogP contribution in [-0.2, 0) is 11.3 Å². The Morgan fingerprint density at radius 3 is 2.69 bits per heavy atom. The van der Waals surface area contributed by atoms with E-state index in [4.69, 9.17) is 4.74 Å². The Morgan fingerprint density at radius 2 is 1.93 bits per heavy atom. The summed E-state index contributed by atoms with van der Waals surface area (Å²) in [4.78, 5) is 30.3. The number of carbonyl (C=O) groups excluding carboxylic acids is 1. The first-order chi connectivity index (χ1) is 14.0. The summed E-state index contributed by atoms with van der Waals surface area (Å²) in [6.07, 6.45) is 0.715. The van der Waals surface area contributed by atoms with Crippen molar-refractivity contribution < 1.29 is 9.53 Å². The van der Waals surface area contributed by atoms with E-state index in [-0.39, 0.29) is 17.1 Å². The summed E-state index contributed by atoms with van der Waals surface area (Å²) in [5, 5.41) is 1.16. The van der Waals surface area contributed by atoms with Gasteiger partial charge in [0.05, 0.1) is 16.7 Å².